The fourth-order valence-electron chi connectivity index (χ4n) is 2.07. The smallest absolute Gasteiger partial charge is 0.191 e. The van der Waals surface area contributed by atoms with Crippen LogP contribution < -0.4 is 15.4 Å². The summed E-state index contributed by atoms with van der Waals surface area (Å²) >= 11 is 1.77. The Labute approximate surface area is 141 Å². The number of benzene rings is 1. The van der Waals surface area contributed by atoms with Gasteiger partial charge in [0, 0.05) is 21.9 Å². The molecule has 23 heavy (non-hydrogen) atoms. The quantitative estimate of drug-likeness (QED) is 0.561. The lowest BCUT2D eigenvalue weighted by atomic mass is 10.2. The monoisotopic (exact) mass is 333 g/mol. The molecule has 0 amide bonds. The first-order chi connectivity index (χ1) is 11.1. The Hall–Kier alpha value is -2.21. The molecule has 2 rings (SSSR count). The number of hydrogen-bond acceptors (Lipinski definition) is 4. The van der Waals surface area contributed by atoms with Gasteiger partial charge in [-0.1, -0.05) is 0 Å². The number of thiophene rings is 1. The lowest BCUT2D eigenvalue weighted by Crippen LogP contribution is -2.36. The molecule has 6 heteroatoms. The number of guanidine groups is 1. The van der Waals surface area contributed by atoms with Gasteiger partial charge in [0.05, 0.1) is 20.2 Å². The van der Waals surface area contributed by atoms with Gasteiger partial charge in [-0.2, -0.15) is 0 Å². The lowest BCUT2D eigenvalue weighted by Gasteiger charge is -2.11. The molecule has 0 aliphatic heterocycles. The molecule has 0 saturated carbocycles. The third kappa shape index (κ3) is 5.17. The van der Waals surface area contributed by atoms with Crippen LogP contribution in [0.1, 0.15) is 22.2 Å². The normalized spacial score (nSPS) is 11.3. The Morgan fingerprint density at radius 1 is 1.26 bits per heavy atom. The second-order valence-corrected chi connectivity index (χ2v) is 6.43. The van der Waals surface area contributed by atoms with Gasteiger partial charge in [0.15, 0.2) is 5.96 Å². The fraction of sp³-hybridized carbons (Fsp3) is 0.353. The van der Waals surface area contributed by atoms with Crippen molar-refractivity contribution in [2.75, 3.05) is 13.7 Å². The van der Waals surface area contributed by atoms with Gasteiger partial charge < -0.3 is 20.5 Å². The topological polar surface area (TPSA) is 65.9 Å². The first-order valence-electron chi connectivity index (χ1n) is 7.55. The number of methoxy groups -OCH3 is 1. The van der Waals surface area contributed by atoms with Crippen molar-refractivity contribution >= 4 is 17.3 Å². The highest BCUT2D eigenvalue weighted by molar-refractivity contribution is 7.11. The Bertz CT molecular complexity index is 668. The second-order valence-electron chi connectivity index (χ2n) is 5.06. The molecule has 0 fully saturated rings. The fourth-order valence-corrected chi connectivity index (χ4v) is 2.90. The van der Waals surface area contributed by atoms with E-state index < -0.39 is 0 Å². The summed E-state index contributed by atoms with van der Waals surface area (Å²) < 4.78 is 5.18. The number of nitrogens with zero attached hydrogens (tertiary/aromatic N) is 1. The number of aromatic hydroxyl groups is 1. The Morgan fingerprint density at radius 2 is 2.09 bits per heavy atom. The molecule has 5 nitrogen and oxygen atoms in total. The Kier molecular flexibility index (Phi) is 6.29. The van der Waals surface area contributed by atoms with Gasteiger partial charge >= 0.3 is 0 Å². The van der Waals surface area contributed by atoms with Crippen LogP contribution in [0.2, 0.25) is 0 Å². The van der Waals surface area contributed by atoms with Gasteiger partial charge in [-0.15, -0.1) is 11.3 Å². The minimum absolute atomic E-state index is 0.222. The summed E-state index contributed by atoms with van der Waals surface area (Å²) in [6.07, 6.45) is 0. The number of hydrogen-bond donors (Lipinski definition) is 3. The van der Waals surface area contributed by atoms with Crippen LogP contribution in [0.25, 0.3) is 0 Å². The summed E-state index contributed by atoms with van der Waals surface area (Å²) in [5.41, 5.74) is 0.730. The molecule has 3 N–H and O–H groups in total. The third-order valence-electron chi connectivity index (χ3n) is 3.26. The number of nitrogens with one attached hydrogen (secondary N) is 2. The van der Waals surface area contributed by atoms with Crippen LogP contribution in [0, 0.1) is 6.92 Å². The zero-order valence-electron chi connectivity index (χ0n) is 13.7. The van der Waals surface area contributed by atoms with E-state index in [2.05, 4.69) is 34.7 Å². The van der Waals surface area contributed by atoms with Crippen molar-refractivity contribution in [3.05, 3.63) is 45.6 Å². The highest BCUT2D eigenvalue weighted by atomic mass is 32.1. The van der Waals surface area contributed by atoms with Crippen molar-refractivity contribution < 1.29 is 9.84 Å². The molecule has 1 aromatic carbocycles. The van der Waals surface area contributed by atoms with E-state index in [-0.39, 0.29) is 5.75 Å². The van der Waals surface area contributed by atoms with E-state index in [1.807, 2.05) is 6.92 Å². The average Bonchev–Trinajstić information content (AvgIpc) is 2.97. The maximum absolute atomic E-state index is 9.92. The van der Waals surface area contributed by atoms with E-state index in [0.717, 1.165) is 24.6 Å². The molecule has 0 spiro atoms. The summed E-state index contributed by atoms with van der Waals surface area (Å²) in [5, 5.41) is 16.4. The number of rotatable bonds is 6. The Balaban J connectivity index is 2.03. The summed E-state index contributed by atoms with van der Waals surface area (Å²) in [6, 6.07) is 9.37. The van der Waals surface area contributed by atoms with Crippen molar-refractivity contribution in [1.82, 2.24) is 10.6 Å². The molecular weight excluding hydrogens is 310 g/mol. The molecule has 2 aromatic rings. The number of phenolic OH excluding ortho intramolecular Hbond substituents is 1. The van der Waals surface area contributed by atoms with E-state index >= 15 is 0 Å². The summed E-state index contributed by atoms with van der Waals surface area (Å²) in [6.45, 7) is 6.00. The van der Waals surface area contributed by atoms with Gasteiger partial charge in [-0.25, -0.2) is 4.99 Å². The van der Waals surface area contributed by atoms with E-state index in [4.69, 9.17) is 4.74 Å². The van der Waals surface area contributed by atoms with Crippen molar-refractivity contribution in [3.8, 4) is 11.5 Å². The number of ether oxygens (including phenoxy) is 1. The third-order valence-corrected chi connectivity index (χ3v) is 4.27. The van der Waals surface area contributed by atoms with Crippen molar-refractivity contribution in [2.45, 2.75) is 26.9 Å². The van der Waals surface area contributed by atoms with Gasteiger partial charge in [0.2, 0.25) is 0 Å². The van der Waals surface area contributed by atoms with Gasteiger partial charge in [-0.3, -0.25) is 0 Å². The van der Waals surface area contributed by atoms with Crippen molar-refractivity contribution in [2.24, 2.45) is 4.99 Å². The van der Waals surface area contributed by atoms with Crippen LogP contribution in [-0.4, -0.2) is 24.7 Å². The molecule has 0 aliphatic carbocycles. The molecule has 0 atom stereocenters. The van der Waals surface area contributed by atoms with E-state index in [1.54, 1.807) is 36.6 Å². The number of aliphatic imine (C=N–C) groups is 1. The SMILES string of the molecule is CCNC(=NCc1cc(OC)ccc1O)NCc1ccc(C)s1. The van der Waals surface area contributed by atoms with Crippen LogP contribution >= 0.6 is 11.3 Å². The first-order valence-corrected chi connectivity index (χ1v) is 8.37. The maximum atomic E-state index is 9.92. The largest absolute Gasteiger partial charge is 0.508 e. The van der Waals surface area contributed by atoms with E-state index in [0.29, 0.717) is 12.3 Å². The molecular formula is C17H23N3O2S. The zero-order valence-corrected chi connectivity index (χ0v) is 14.5. The van der Waals surface area contributed by atoms with Crippen LogP contribution in [0.15, 0.2) is 35.3 Å². The highest BCUT2D eigenvalue weighted by Crippen LogP contribution is 2.23. The molecule has 0 saturated heterocycles. The minimum atomic E-state index is 0.222. The number of phenols is 1. The van der Waals surface area contributed by atoms with Gasteiger partial charge in [0.25, 0.3) is 0 Å². The van der Waals surface area contributed by atoms with Crippen molar-refractivity contribution in [3.63, 3.8) is 0 Å². The number of aryl methyl sites for hydroxylation is 1. The molecule has 0 unspecified atom stereocenters. The predicted molar refractivity (Wildman–Crippen MR) is 95.4 cm³/mol. The standard InChI is InChI=1S/C17H23N3O2S/c1-4-18-17(20-11-15-7-5-12(2)23-15)19-10-13-9-14(22-3)6-8-16(13)21/h5-9,21H,4,10-11H2,1-3H3,(H2,18,19,20). The highest BCUT2D eigenvalue weighted by Gasteiger charge is 2.04. The van der Waals surface area contributed by atoms with Crippen LogP contribution in [0.4, 0.5) is 0 Å². The summed E-state index contributed by atoms with van der Waals surface area (Å²) in [7, 11) is 1.61. The predicted octanol–water partition coefficient (Wildman–Crippen LogP) is 3.03. The maximum Gasteiger partial charge on any atom is 0.191 e. The van der Waals surface area contributed by atoms with Crippen LogP contribution in [-0.2, 0) is 13.1 Å². The van der Waals surface area contributed by atoms with Crippen LogP contribution in [0.5, 0.6) is 11.5 Å². The van der Waals surface area contributed by atoms with E-state index in [1.165, 1.54) is 9.75 Å². The van der Waals surface area contributed by atoms with Gasteiger partial charge in [-0.05, 0) is 44.2 Å². The molecule has 1 heterocycles. The molecule has 0 aliphatic rings. The van der Waals surface area contributed by atoms with Gasteiger partial charge in [0.1, 0.15) is 11.5 Å². The second kappa shape index (κ2) is 8.43. The van der Waals surface area contributed by atoms with E-state index in [9.17, 15) is 5.11 Å². The molecule has 0 bridgehead atoms. The first kappa shape index (κ1) is 17.1. The summed E-state index contributed by atoms with van der Waals surface area (Å²) in [4.78, 5) is 7.08. The molecule has 1 aromatic heterocycles. The summed E-state index contributed by atoms with van der Waals surface area (Å²) in [5.74, 6) is 1.65. The van der Waals surface area contributed by atoms with Crippen LogP contribution in [0.3, 0.4) is 0 Å². The molecule has 0 radical (unpaired) electrons. The zero-order chi connectivity index (χ0) is 16.7. The molecule has 124 valence electrons. The Morgan fingerprint density at radius 3 is 2.74 bits per heavy atom. The average molecular weight is 333 g/mol. The lowest BCUT2D eigenvalue weighted by molar-refractivity contribution is 0.411. The van der Waals surface area contributed by atoms with Crippen molar-refractivity contribution in [1.29, 1.82) is 0 Å². The minimum Gasteiger partial charge on any atom is -0.508 e.